The molecule has 1 aliphatic rings. The Hall–Kier alpha value is -0.760. The Morgan fingerprint density at radius 2 is 1.40 bits per heavy atom. The predicted molar refractivity (Wildman–Crippen MR) is 88.1 cm³/mol. The maximum absolute atomic E-state index is 11.9. The van der Waals surface area contributed by atoms with Gasteiger partial charge in [0, 0.05) is 15.7 Å². The van der Waals surface area contributed by atoms with Crippen LogP contribution in [0.3, 0.4) is 0 Å². The molecular weight excluding hydrogens is 264 g/mol. The van der Waals surface area contributed by atoms with Crippen LogP contribution in [0.4, 0.5) is 0 Å². The van der Waals surface area contributed by atoms with Crippen molar-refractivity contribution in [1.29, 1.82) is 0 Å². The van der Waals surface area contributed by atoms with Gasteiger partial charge in [0.2, 0.25) is 0 Å². The van der Waals surface area contributed by atoms with Gasteiger partial charge in [-0.3, -0.25) is 4.79 Å². The first kappa shape index (κ1) is 15.6. The van der Waals surface area contributed by atoms with Crippen molar-refractivity contribution in [3.63, 3.8) is 0 Å². The van der Waals surface area contributed by atoms with E-state index in [1.807, 2.05) is 0 Å². The first-order valence-electron chi connectivity index (χ1n) is 7.71. The molecule has 0 heterocycles. The van der Waals surface area contributed by atoms with E-state index in [4.69, 9.17) is 0 Å². The van der Waals surface area contributed by atoms with E-state index in [9.17, 15) is 4.79 Å². The van der Waals surface area contributed by atoms with Crippen molar-refractivity contribution in [3.05, 3.63) is 27.8 Å². The van der Waals surface area contributed by atoms with Gasteiger partial charge < -0.3 is 0 Å². The average Bonchev–Trinajstić information content (AvgIpc) is 2.42. The molecule has 20 heavy (non-hydrogen) atoms. The molecule has 0 atom stereocenters. The van der Waals surface area contributed by atoms with Gasteiger partial charge in [-0.2, -0.15) is 0 Å². The Morgan fingerprint density at radius 1 is 0.900 bits per heavy atom. The van der Waals surface area contributed by atoms with Crippen molar-refractivity contribution in [1.82, 2.24) is 0 Å². The van der Waals surface area contributed by atoms with E-state index in [2.05, 4.69) is 39.5 Å². The van der Waals surface area contributed by atoms with Gasteiger partial charge in [0.05, 0.1) is 0 Å². The molecule has 1 saturated carbocycles. The van der Waals surface area contributed by atoms with E-state index in [1.54, 1.807) is 6.92 Å². The first-order chi connectivity index (χ1) is 9.43. The second-order valence-electron chi connectivity index (χ2n) is 6.14. The summed E-state index contributed by atoms with van der Waals surface area (Å²) in [7, 11) is 0. The second kappa shape index (κ2) is 6.34. The summed E-state index contributed by atoms with van der Waals surface area (Å²) in [5.41, 5.74) is 5.92. The Labute approximate surface area is 127 Å². The molecule has 1 fully saturated rings. The van der Waals surface area contributed by atoms with E-state index in [0.29, 0.717) is 0 Å². The maximum Gasteiger partial charge on any atom is 0.160 e. The molecule has 0 N–H and O–H groups in total. The van der Waals surface area contributed by atoms with Crippen molar-refractivity contribution in [2.45, 2.75) is 76.9 Å². The Morgan fingerprint density at radius 3 is 1.85 bits per heavy atom. The van der Waals surface area contributed by atoms with Crippen LogP contribution >= 0.6 is 11.8 Å². The minimum absolute atomic E-state index is 0.195. The van der Waals surface area contributed by atoms with Gasteiger partial charge in [-0.15, -0.1) is 11.8 Å². The predicted octanol–water partition coefficient (Wildman–Crippen LogP) is 5.55. The molecule has 0 unspecified atom stereocenters. The summed E-state index contributed by atoms with van der Waals surface area (Å²) < 4.78 is 0. The van der Waals surface area contributed by atoms with Crippen LogP contribution in [-0.2, 0) is 0 Å². The first-order valence-corrected chi connectivity index (χ1v) is 8.59. The van der Waals surface area contributed by atoms with Crippen molar-refractivity contribution >= 4 is 17.5 Å². The zero-order chi connectivity index (χ0) is 14.9. The lowest BCUT2D eigenvalue weighted by Crippen LogP contribution is -2.11. The van der Waals surface area contributed by atoms with Gasteiger partial charge in [0.15, 0.2) is 5.78 Å². The monoisotopic (exact) mass is 290 g/mol. The van der Waals surface area contributed by atoms with E-state index in [0.717, 1.165) is 10.8 Å². The molecule has 110 valence electrons. The van der Waals surface area contributed by atoms with Gasteiger partial charge in [-0.05, 0) is 69.7 Å². The molecule has 0 aliphatic heterocycles. The quantitative estimate of drug-likeness (QED) is 0.679. The highest BCUT2D eigenvalue weighted by Gasteiger charge is 2.21. The minimum Gasteiger partial charge on any atom is -0.294 e. The molecular formula is C18H26OS. The molecule has 0 spiro atoms. The van der Waals surface area contributed by atoms with Crippen LogP contribution < -0.4 is 0 Å². The van der Waals surface area contributed by atoms with Gasteiger partial charge >= 0.3 is 0 Å². The van der Waals surface area contributed by atoms with Crippen LogP contribution in [0.1, 0.15) is 71.6 Å². The number of carbonyl (C=O) groups is 1. The third-order valence-corrected chi connectivity index (χ3v) is 6.40. The number of Topliss-reactive ketones (excluding diaryl/α,β-unsaturated/α-hetero) is 1. The molecule has 1 aromatic rings. The molecule has 0 radical (unpaired) electrons. The van der Waals surface area contributed by atoms with Gasteiger partial charge in [0.1, 0.15) is 0 Å². The molecule has 0 saturated heterocycles. The fourth-order valence-corrected chi connectivity index (χ4v) is 4.89. The molecule has 1 aromatic carbocycles. The lowest BCUT2D eigenvalue weighted by atomic mass is 9.92. The van der Waals surface area contributed by atoms with Crippen LogP contribution in [0, 0.1) is 27.7 Å². The summed E-state index contributed by atoms with van der Waals surface area (Å²) in [6.07, 6.45) is 6.83. The SMILES string of the molecule is CC(=O)c1c(C)c(C)c(SC2CCCCC2)c(C)c1C. The highest BCUT2D eigenvalue weighted by atomic mass is 32.2. The summed E-state index contributed by atoms with van der Waals surface area (Å²) in [5, 5.41) is 0.767. The highest BCUT2D eigenvalue weighted by Crippen LogP contribution is 2.40. The molecule has 1 aliphatic carbocycles. The topological polar surface area (TPSA) is 17.1 Å². The van der Waals surface area contributed by atoms with E-state index < -0.39 is 0 Å². The molecule has 0 aromatic heterocycles. The number of thioether (sulfide) groups is 1. The van der Waals surface area contributed by atoms with Crippen LogP contribution in [0.2, 0.25) is 0 Å². The zero-order valence-corrected chi connectivity index (χ0v) is 14.2. The van der Waals surface area contributed by atoms with Crippen LogP contribution in [0.5, 0.6) is 0 Å². The number of ketones is 1. The third-order valence-electron chi connectivity index (χ3n) is 4.74. The van der Waals surface area contributed by atoms with Gasteiger partial charge in [0.25, 0.3) is 0 Å². The van der Waals surface area contributed by atoms with Gasteiger partial charge in [-0.25, -0.2) is 0 Å². The molecule has 0 bridgehead atoms. The number of carbonyl (C=O) groups excluding carboxylic acids is 1. The number of hydrogen-bond acceptors (Lipinski definition) is 2. The third kappa shape index (κ3) is 2.95. The van der Waals surface area contributed by atoms with Crippen LogP contribution in [0.25, 0.3) is 0 Å². The number of benzene rings is 1. The van der Waals surface area contributed by atoms with Crippen LogP contribution in [0.15, 0.2) is 4.90 Å². The largest absolute Gasteiger partial charge is 0.294 e. The van der Waals surface area contributed by atoms with Crippen molar-refractivity contribution < 1.29 is 4.79 Å². The lowest BCUT2D eigenvalue weighted by Gasteiger charge is -2.25. The fraction of sp³-hybridized carbons (Fsp3) is 0.611. The minimum atomic E-state index is 0.195. The molecule has 2 rings (SSSR count). The summed E-state index contributed by atoms with van der Waals surface area (Å²) in [6, 6.07) is 0. The van der Waals surface area contributed by atoms with E-state index in [-0.39, 0.29) is 5.78 Å². The van der Waals surface area contributed by atoms with E-state index in [1.165, 1.54) is 59.3 Å². The lowest BCUT2D eigenvalue weighted by molar-refractivity contribution is 0.101. The zero-order valence-electron chi connectivity index (χ0n) is 13.4. The second-order valence-corrected chi connectivity index (χ2v) is 7.45. The molecule has 2 heteroatoms. The average molecular weight is 290 g/mol. The summed E-state index contributed by atoms with van der Waals surface area (Å²) in [4.78, 5) is 13.3. The number of rotatable bonds is 3. The summed E-state index contributed by atoms with van der Waals surface area (Å²) in [5.74, 6) is 0.195. The molecule has 1 nitrogen and oxygen atoms in total. The van der Waals surface area contributed by atoms with Gasteiger partial charge in [-0.1, -0.05) is 19.3 Å². The summed E-state index contributed by atoms with van der Waals surface area (Å²) in [6.45, 7) is 10.2. The Kier molecular flexibility index (Phi) is 4.95. The smallest absolute Gasteiger partial charge is 0.160 e. The van der Waals surface area contributed by atoms with Crippen molar-refractivity contribution in [2.75, 3.05) is 0 Å². The maximum atomic E-state index is 11.9. The van der Waals surface area contributed by atoms with Crippen LogP contribution in [-0.4, -0.2) is 11.0 Å². The van der Waals surface area contributed by atoms with E-state index >= 15 is 0 Å². The number of hydrogen-bond donors (Lipinski definition) is 0. The normalized spacial score (nSPS) is 16.4. The van der Waals surface area contributed by atoms with Crippen molar-refractivity contribution in [3.8, 4) is 0 Å². The summed E-state index contributed by atoms with van der Waals surface area (Å²) >= 11 is 2.06. The Bertz CT molecular complexity index is 496. The van der Waals surface area contributed by atoms with Crippen molar-refractivity contribution in [2.24, 2.45) is 0 Å². The highest BCUT2D eigenvalue weighted by molar-refractivity contribution is 8.00. The Balaban J connectivity index is 2.41. The molecule has 0 amide bonds. The fourth-order valence-electron chi connectivity index (χ4n) is 3.33. The standard InChI is InChI=1S/C18H26OS/c1-11-13(3)18(20-16-9-7-6-8-10-16)14(4)12(2)17(11)15(5)19/h16H,6-10H2,1-5H3.